The Kier molecular flexibility index (Phi) is 3.39. The van der Waals surface area contributed by atoms with Crippen LogP contribution in [0.2, 0.25) is 0 Å². The zero-order chi connectivity index (χ0) is 12.0. The van der Waals surface area contributed by atoms with Crippen molar-refractivity contribution < 1.29 is 22.0 Å². The van der Waals surface area contributed by atoms with Crippen molar-refractivity contribution in [1.82, 2.24) is 0 Å². The summed E-state index contributed by atoms with van der Waals surface area (Å²) in [4.78, 5) is 0. The van der Waals surface area contributed by atoms with Crippen molar-refractivity contribution in [3.8, 4) is 0 Å². The van der Waals surface area contributed by atoms with Crippen molar-refractivity contribution in [3.05, 3.63) is 34.6 Å². The average Bonchev–Trinajstić information content (AvgIpc) is 2.09. The first-order valence-electron chi connectivity index (χ1n) is 3.98. The van der Waals surface area contributed by atoms with E-state index in [1.54, 1.807) is 0 Å². The van der Waals surface area contributed by atoms with E-state index in [-0.39, 0.29) is 24.7 Å². The van der Waals surface area contributed by atoms with E-state index in [2.05, 4.69) is 0 Å². The molecule has 0 heterocycles. The van der Waals surface area contributed by atoms with Gasteiger partial charge in [-0.3, -0.25) is 0 Å². The zero-order valence-electron chi connectivity index (χ0n) is 7.97. The third-order valence-corrected chi connectivity index (χ3v) is 2.98. The van der Waals surface area contributed by atoms with Crippen molar-refractivity contribution in [2.75, 3.05) is 0 Å². The number of hydrogen-bond acceptors (Lipinski definition) is 0. The van der Waals surface area contributed by atoms with Crippen LogP contribution in [0.25, 0.3) is 0 Å². The molecule has 0 bridgehead atoms. The molecule has 0 spiro atoms. The van der Waals surface area contributed by atoms with Gasteiger partial charge in [0.05, 0.1) is 0 Å². The Balaban J connectivity index is 3.68. The van der Waals surface area contributed by atoms with Crippen LogP contribution in [0.5, 0.6) is 0 Å². The zero-order valence-corrected chi connectivity index (χ0v) is 12.5. The number of benzene rings is 1. The normalized spacial score (nSPS) is 12.0. The third kappa shape index (κ3) is 2.15. The van der Waals surface area contributed by atoms with Gasteiger partial charge in [-0.15, -0.1) is 0 Å². The molecule has 1 aromatic carbocycles. The maximum atomic E-state index is 13.2. The molecule has 0 N–H and O–H groups in total. The molecule has 1 aromatic rings. The minimum atomic E-state index is -2.11. The van der Waals surface area contributed by atoms with Gasteiger partial charge in [-0.2, -0.15) is 0 Å². The maximum absolute atomic E-state index is 13.2. The van der Waals surface area contributed by atoms with Crippen LogP contribution in [0.15, 0.2) is 0 Å². The molecule has 0 atom stereocenters. The minimum absolute atomic E-state index is 0.0516. The molecule has 0 aliphatic carbocycles. The Bertz CT molecular complexity index is 379. The quantitative estimate of drug-likeness (QED) is 0.283. The Labute approximate surface area is 98.3 Å². The fourth-order valence-corrected chi connectivity index (χ4v) is 2.16. The van der Waals surface area contributed by atoms with Gasteiger partial charge in [0, 0.05) is 0 Å². The first-order valence-corrected chi connectivity index (χ1v) is 6.23. The third-order valence-electron chi connectivity index (χ3n) is 1.85. The van der Waals surface area contributed by atoms with Crippen LogP contribution in [0, 0.1) is 29.1 Å². The standard InChI is InChI=1S/C9H6F5.Bi.2H/c1-3(2)4-5(10)7(12)9(14)8(13)6(4)11;;;/h1-2H3;;;. The predicted octanol–water partition coefficient (Wildman–Crippen LogP) is 2.25. The van der Waals surface area contributed by atoms with E-state index in [0.29, 0.717) is 0 Å². The molecule has 0 amide bonds. The van der Waals surface area contributed by atoms with Gasteiger partial charge in [-0.05, 0) is 0 Å². The van der Waals surface area contributed by atoms with Crippen molar-refractivity contribution in [2.24, 2.45) is 0 Å². The van der Waals surface area contributed by atoms with Crippen molar-refractivity contribution >= 4 is 24.7 Å². The van der Waals surface area contributed by atoms with E-state index in [1.165, 1.54) is 13.8 Å². The Morgan fingerprint density at radius 1 is 0.733 bits per heavy atom. The molecule has 0 saturated heterocycles. The molecule has 15 heavy (non-hydrogen) atoms. The van der Waals surface area contributed by atoms with E-state index in [0.717, 1.165) is 0 Å². The second-order valence-corrected chi connectivity index (χ2v) is 9.28. The van der Waals surface area contributed by atoms with Gasteiger partial charge in [-0.25, -0.2) is 0 Å². The van der Waals surface area contributed by atoms with E-state index in [4.69, 9.17) is 0 Å². The molecule has 0 radical (unpaired) electrons. The Hall–Kier alpha value is -0.247. The molecule has 1 rings (SSSR count). The SMILES string of the molecule is C[C](C)([BiH2])c1c(F)c(F)c(F)c(F)c1F. The summed E-state index contributed by atoms with van der Waals surface area (Å²) in [6.45, 7) is 2.88. The molecular weight excluding hydrogens is 412 g/mol. The van der Waals surface area contributed by atoms with Gasteiger partial charge in [0.15, 0.2) is 0 Å². The molecule has 0 unspecified atom stereocenters. The van der Waals surface area contributed by atoms with Crippen LogP contribution in [0.3, 0.4) is 0 Å². The monoisotopic (exact) mass is 420 g/mol. The molecule has 0 saturated carbocycles. The molecule has 0 nitrogen and oxygen atoms in total. The predicted molar refractivity (Wildman–Crippen MR) is 47.8 cm³/mol. The summed E-state index contributed by atoms with van der Waals surface area (Å²) < 4.78 is 63.7. The van der Waals surface area contributed by atoms with Crippen LogP contribution in [-0.2, 0) is 3.12 Å². The van der Waals surface area contributed by atoms with Crippen LogP contribution in [0.4, 0.5) is 22.0 Å². The summed E-state index contributed by atoms with van der Waals surface area (Å²) in [5.74, 6) is -9.31. The fraction of sp³-hybridized carbons (Fsp3) is 0.333. The average molecular weight is 420 g/mol. The number of rotatable bonds is 1. The Morgan fingerprint density at radius 2 is 1.00 bits per heavy atom. The summed E-state index contributed by atoms with van der Waals surface area (Å²) >= 11 is 0.0516. The fourth-order valence-electron chi connectivity index (χ4n) is 1.17. The van der Waals surface area contributed by atoms with Gasteiger partial charge in [0.25, 0.3) is 0 Å². The summed E-state index contributed by atoms with van der Waals surface area (Å²) in [6, 6.07) is 0. The van der Waals surface area contributed by atoms with E-state index in [1.807, 2.05) is 0 Å². The van der Waals surface area contributed by atoms with Gasteiger partial charge in [0.1, 0.15) is 0 Å². The Morgan fingerprint density at radius 3 is 1.27 bits per heavy atom. The second kappa shape index (κ2) is 3.96. The van der Waals surface area contributed by atoms with Crippen molar-refractivity contribution in [2.45, 2.75) is 17.0 Å². The first-order chi connectivity index (χ1) is 6.68. The first kappa shape index (κ1) is 12.8. The van der Waals surface area contributed by atoms with Crippen molar-refractivity contribution in [3.63, 3.8) is 0 Å². The van der Waals surface area contributed by atoms with Crippen LogP contribution in [0.1, 0.15) is 19.4 Å². The van der Waals surface area contributed by atoms with Gasteiger partial charge in [-0.1, -0.05) is 0 Å². The molecule has 0 aliphatic heterocycles. The summed E-state index contributed by atoms with van der Waals surface area (Å²) in [6.07, 6.45) is 0. The van der Waals surface area contributed by atoms with E-state index < -0.39 is 37.8 Å². The van der Waals surface area contributed by atoms with Gasteiger partial charge in [0.2, 0.25) is 0 Å². The van der Waals surface area contributed by atoms with E-state index in [9.17, 15) is 22.0 Å². The molecule has 0 fully saturated rings. The molecular formula is C9H8BiF5. The number of halogens is 5. The van der Waals surface area contributed by atoms with Crippen LogP contribution in [-0.4, -0.2) is 24.7 Å². The number of hydrogen-bond donors (Lipinski definition) is 0. The topological polar surface area (TPSA) is 0 Å². The molecule has 0 aliphatic rings. The van der Waals surface area contributed by atoms with Gasteiger partial charge < -0.3 is 0 Å². The summed E-state index contributed by atoms with van der Waals surface area (Å²) in [5.41, 5.74) is -0.719. The molecule has 6 heteroatoms. The second-order valence-electron chi connectivity index (χ2n) is 3.67. The van der Waals surface area contributed by atoms with Crippen LogP contribution >= 0.6 is 0 Å². The molecule has 0 aromatic heterocycles. The summed E-state index contributed by atoms with van der Waals surface area (Å²) in [5, 5.41) is 0. The van der Waals surface area contributed by atoms with Gasteiger partial charge >= 0.3 is 98.3 Å². The van der Waals surface area contributed by atoms with Crippen LogP contribution < -0.4 is 0 Å². The molecule has 84 valence electrons. The van der Waals surface area contributed by atoms with Crippen molar-refractivity contribution in [1.29, 1.82) is 0 Å². The van der Waals surface area contributed by atoms with E-state index >= 15 is 0 Å². The summed E-state index contributed by atoms with van der Waals surface area (Å²) in [7, 11) is 0.